The number of aromatic nitrogens is 1. The first-order valence-corrected chi connectivity index (χ1v) is 10.9. The SMILES string of the molecule is CNCCNC[C@@H](O)c1cc([C@@H]2CC3(CC3)[C@@H]3CN2C(=O)N3OS(=O)(=O)O)no1. The summed E-state index contributed by atoms with van der Waals surface area (Å²) in [7, 11) is -2.97. The maximum atomic E-state index is 12.7. The molecule has 12 nitrogen and oxygen atoms in total. The number of aliphatic hydroxyl groups is 1. The molecule has 13 heteroatoms. The normalized spacial score (nSPS) is 26.4. The molecule has 162 valence electrons. The Labute approximate surface area is 168 Å². The van der Waals surface area contributed by atoms with Gasteiger partial charge in [-0.25, -0.2) is 4.79 Å². The van der Waals surface area contributed by atoms with Gasteiger partial charge < -0.3 is 25.2 Å². The van der Waals surface area contributed by atoms with E-state index >= 15 is 0 Å². The number of piperidine rings is 1. The molecule has 2 amide bonds. The van der Waals surface area contributed by atoms with Gasteiger partial charge in [0.2, 0.25) is 0 Å². The van der Waals surface area contributed by atoms with Gasteiger partial charge in [0.1, 0.15) is 11.8 Å². The number of amides is 2. The number of nitrogens with one attached hydrogen (secondary N) is 2. The second-order valence-electron chi connectivity index (χ2n) is 7.84. The van der Waals surface area contributed by atoms with Gasteiger partial charge in [-0.1, -0.05) is 5.16 Å². The highest BCUT2D eigenvalue weighted by molar-refractivity contribution is 7.80. The van der Waals surface area contributed by atoms with Crippen molar-refractivity contribution >= 4 is 16.4 Å². The molecule has 1 aromatic rings. The van der Waals surface area contributed by atoms with Crippen molar-refractivity contribution in [2.45, 2.75) is 37.5 Å². The van der Waals surface area contributed by atoms with Crippen molar-refractivity contribution in [2.75, 3.05) is 33.2 Å². The Bertz CT molecular complexity index is 871. The van der Waals surface area contributed by atoms with Crippen LogP contribution in [0.5, 0.6) is 0 Å². The Kier molecular flexibility index (Phi) is 5.29. The highest BCUT2D eigenvalue weighted by Gasteiger charge is 2.64. The summed E-state index contributed by atoms with van der Waals surface area (Å²) in [6.07, 6.45) is 1.34. The fraction of sp³-hybridized carbons (Fsp3) is 0.750. The minimum atomic E-state index is -4.80. The van der Waals surface area contributed by atoms with Gasteiger partial charge in [0, 0.05) is 32.2 Å². The van der Waals surface area contributed by atoms with Crippen molar-refractivity contribution in [2.24, 2.45) is 5.41 Å². The van der Waals surface area contributed by atoms with Crippen LogP contribution >= 0.6 is 0 Å². The van der Waals surface area contributed by atoms with Crippen LogP contribution in [0.2, 0.25) is 0 Å². The number of carbonyl (C=O) groups is 1. The Morgan fingerprint density at radius 1 is 1.45 bits per heavy atom. The lowest BCUT2D eigenvalue weighted by Gasteiger charge is -2.35. The summed E-state index contributed by atoms with van der Waals surface area (Å²) >= 11 is 0. The van der Waals surface area contributed by atoms with Crippen molar-refractivity contribution in [1.29, 1.82) is 0 Å². The Morgan fingerprint density at radius 2 is 2.21 bits per heavy atom. The summed E-state index contributed by atoms with van der Waals surface area (Å²) in [6, 6.07) is 0.130. The summed E-state index contributed by atoms with van der Waals surface area (Å²) in [5.41, 5.74) is 0.228. The average Bonchev–Trinajstić information content (AvgIpc) is 3.14. The molecule has 2 saturated heterocycles. The zero-order chi connectivity index (χ0) is 20.8. The van der Waals surface area contributed by atoms with E-state index in [0.717, 1.165) is 24.4 Å². The van der Waals surface area contributed by atoms with E-state index in [-0.39, 0.29) is 12.0 Å². The van der Waals surface area contributed by atoms with Crippen LogP contribution in [0.4, 0.5) is 4.79 Å². The van der Waals surface area contributed by atoms with E-state index in [4.69, 9.17) is 9.08 Å². The van der Waals surface area contributed by atoms with Crippen LogP contribution < -0.4 is 10.6 Å². The van der Waals surface area contributed by atoms with E-state index < -0.39 is 34.6 Å². The van der Waals surface area contributed by atoms with Crippen molar-refractivity contribution in [1.82, 2.24) is 25.8 Å². The zero-order valence-electron chi connectivity index (χ0n) is 15.9. The van der Waals surface area contributed by atoms with Crippen LogP contribution in [-0.4, -0.2) is 78.5 Å². The number of fused-ring (bicyclic) bond motifs is 3. The van der Waals surface area contributed by atoms with Gasteiger partial charge in [-0.3, -0.25) is 4.55 Å². The minimum absolute atomic E-state index is 0.273. The molecular formula is C16H25N5O7S. The first-order valence-electron chi connectivity index (χ1n) is 9.51. The molecule has 2 bridgehead atoms. The van der Waals surface area contributed by atoms with E-state index in [9.17, 15) is 18.3 Å². The molecule has 1 aliphatic carbocycles. The number of hydrogen-bond acceptors (Lipinski definition) is 9. The van der Waals surface area contributed by atoms with Gasteiger partial charge in [-0.15, -0.1) is 4.28 Å². The number of urea groups is 1. The molecule has 2 aliphatic heterocycles. The third kappa shape index (κ3) is 3.98. The molecule has 3 atom stereocenters. The number of hydroxylamine groups is 2. The maximum Gasteiger partial charge on any atom is 0.418 e. The molecular weight excluding hydrogens is 406 g/mol. The van der Waals surface area contributed by atoms with Crippen LogP contribution in [0.3, 0.4) is 0 Å². The smallest absolute Gasteiger partial charge is 0.384 e. The van der Waals surface area contributed by atoms with E-state index in [2.05, 4.69) is 20.1 Å². The highest BCUT2D eigenvalue weighted by atomic mass is 32.3. The summed E-state index contributed by atoms with van der Waals surface area (Å²) < 4.78 is 41.2. The van der Waals surface area contributed by atoms with Crippen molar-refractivity contribution in [3.63, 3.8) is 0 Å². The summed E-state index contributed by atoms with van der Waals surface area (Å²) in [5.74, 6) is 0.293. The summed E-state index contributed by atoms with van der Waals surface area (Å²) in [4.78, 5) is 14.2. The first-order chi connectivity index (χ1) is 13.7. The van der Waals surface area contributed by atoms with Crippen LogP contribution in [0.25, 0.3) is 0 Å². The molecule has 29 heavy (non-hydrogen) atoms. The van der Waals surface area contributed by atoms with E-state index in [1.54, 1.807) is 6.07 Å². The second-order valence-corrected chi connectivity index (χ2v) is 8.84. The molecule has 3 heterocycles. The number of rotatable bonds is 9. The average molecular weight is 431 g/mol. The molecule has 0 radical (unpaired) electrons. The summed E-state index contributed by atoms with van der Waals surface area (Å²) in [5, 5.41) is 21.2. The summed E-state index contributed by atoms with van der Waals surface area (Å²) in [6.45, 7) is 2.02. The molecule has 4 N–H and O–H groups in total. The highest BCUT2D eigenvalue weighted by Crippen LogP contribution is 2.61. The molecule has 3 fully saturated rings. The first kappa shape index (κ1) is 20.5. The molecule has 1 spiro atoms. The third-order valence-electron chi connectivity index (χ3n) is 5.94. The quantitative estimate of drug-likeness (QED) is 0.299. The van der Waals surface area contributed by atoms with Gasteiger partial charge in [0.15, 0.2) is 5.76 Å². The second kappa shape index (κ2) is 7.49. The predicted molar refractivity (Wildman–Crippen MR) is 97.6 cm³/mol. The molecule has 0 aromatic carbocycles. The monoisotopic (exact) mass is 431 g/mol. The molecule has 4 rings (SSSR count). The number of nitrogens with zero attached hydrogens (tertiary/aromatic N) is 3. The molecule has 1 saturated carbocycles. The van der Waals surface area contributed by atoms with Gasteiger partial charge in [-0.05, 0) is 31.7 Å². The standard InChI is InChI=1S/C16H25N5O7S/c1-17-4-5-18-8-12(22)13-6-10(19-27-13)11-7-16(2-3-16)14-9-20(11)15(23)21(14)28-29(24,25)26/h6,11-12,14,17-18,22H,2-5,7-9H2,1H3,(H,24,25,26)/t11-,12+,14-/m0/s1. The third-order valence-corrected chi connectivity index (χ3v) is 6.29. The lowest BCUT2D eigenvalue weighted by Crippen LogP contribution is -2.43. The zero-order valence-corrected chi connectivity index (χ0v) is 16.8. The largest absolute Gasteiger partial charge is 0.418 e. The minimum Gasteiger partial charge on any atom is -0.384 e. The van der Waals surface area contributed by atoms with Crippen molar-refractivity contribution in [3.05, 3.63) is 17.5 Å². The predicted octanol–water partition coefficient (Wildman–Crippen LogP) is -0.417. The lowest BCUT2D eigenvalue weighted by molar-refractivity contribution is -0.0527. The lowest BCUT2D eigenvalue weighted by atomic mass is 9.84. The van der Waals surface area contributed by atoms with Crippen molar-refractivity contribution in [3.8, 4) is 0 Å². The Hall–Kier alpha value is -1.77. The van der Waals surface area contributed by atoms with Gasteiger partial charge >= 0.3 is 16.4 Å². The number of likely N-dealkylation sites (N-methyl/N-ethyl adjacent to an activating group) is 1. The fourth-order valence-electron chi connectivity index (χ4n) is 4.25. The Balaban J connectivity index is 1.49. The van der Waals surface area contributed by atoms with Gasteiger partial charge in [-0.2, -0.15) is 13.5 Å². The van der Waals surface area contributed by atoms with Crippen LogP contribution in [0.15, 0.2) is 10.6 Å². The van der Waals surface area contributed by atoms with E-state index in [1.165, 1.54) is 4.90 Å². The van der Waals surface area contributed by atoms with Crippen molar-refractivity contribution < 1.29 is 31.7 Å². The van der Waals surface area contributed by atoms with E-state index in [0.29, 0.717) is 31.0 Å². The van der Waals surface area contributed by atoms with E-state index in [1.807, 2.05) is 7.05 Å². The van der Waals surface area contributed by atoms with Crippen LogP contribution in [-0.2, 0) is 14.7 Å². The van der Waals surface area contributed by atoms with Gasteiger partial charge in [0.05, 0.1) is 12.1 Å². The fourth-order valence-corrected chi connectivity index (χ4v) is 4.62. The topological polar surface area (TPSA) is 157 Å². The molecule has 3 aliphatic rings. The van der Waals surface area contributed by atoms with Gasteiger partial charge in [0.25, 0.3) is 0 Å². The molecule has 1 aromatic heterocycles. The van der Waals surface area contributed by atoms with Crippen LogP contribution in [0.1, 0.15) is 42.9 Å². The Morgan fingerprint density at radius 3 is 2.86 bits per heavy atom. The number of hydrogen-bond donors (Lipinski definition) is 4. The number of carbonyl (C=O) groups excluding carboxylic acids is 1. The van der Waals surface area contributed by atoms with Crippen LogP contribution in [0, 0.1) is 5.41 Å². The maximum absolute atomic E-state index is 12.7. The number of aliphatic hydroxyl groups excluding tert-OH is 1. The molecule has 0 unspecified atom stereocenters.